The summed E-state index contributed by atoms with van der Waals surface area (Å²) >= 11 is 0. The summed E-state index contributed by atoms with van der Waals surface area (Å²) in [5.74, 6) is 0.174. The lowest BCUT2D eigenvalue weighted by molar-refractivity contribution is -0.141. The van der Waals surface area contributed by atoms with Gasteiger partial charge in [0.15, 0.2) is 0 Å². The molecule has 3 saturated heterocycles. The van der Waals surface area contributed by atoms with Crippen LogP contribution in [0.2, 0.25) is 0 Å². The SMILES string of the molecule is O=C1CO[C@H]2CCN(CC(=O)N3CCCC3)C[C@@H]2N1. The van der Waals surface area contributed by atoms with Crippen molar-refractivity contribution in [3.05, 3.63) is 0 Å². The lowest BCUT2D eigenvalue weighted by atomic mass is 10.0. The van der Waals surface area contributed by atoms with Gasteiger partial charge in [0.1, 0.15) is 6.61 Å². The number of ether oxygens (including phenoxy) is 1. The molecule has 2 atom stereocenters. The van der Waals surface area contributed by atoms with Gasteiger partial charge in [0, 0.05) is 26.2 Å². The molecule has 3 fully saturated rings. The number of hydrogen-bond acceptors (Lipinski definition) is 4. The predicted octanol–water partition coefficient (Wildman–Crippen LogP) is -0.802. The Morgan fingerprint density at radius 2 is 2.11 bits per heavy atom. The van der Waals surface area contributed by atoms with Crippen LogP contribution in [-0.2, 0) is 14.3 Å². The second-order valence-corrected chi connectivity index (χ2v) is 5.64. The zero-order chi connectivity index (χ0) is 13.2. The molecule has 2 amide bonds. The molecule has 0 unspecified atom stereocenters. The molecule has 3 heterocycles. The number of carbonyl (C=O) groups is 2. The van der Waals surface area contributed by atoms with Crippen LogP contribution in [0.25, 0.3) is 0 Å². The number of hydrogen-bond donors (Lipinski definition) is 1. The average molecular weight is 267 g/mol. The molecule has 1 N–H and O–H groups in total. The molecule has 3 aliphatic heterocycles. The first kappa shape index (κ1) is 12.9. The Labute approximate surface area is 113 Å². The van der Waals surface area contributed by atoms with Gasteiger partial charge in [-0.2, -0.15) is 0 Å². The Kier molecular flexibility index (Phi) is 3.70. The topological polar surface area (TPSA) is 61.9 Å². The highest BCUT2D eigenvalue weighted by Crippen LogP contribution is 2.18. The highest BCUT2D eigenvalue weighted by Gasteiger charge is 2.35. The number of rotatable bonds is 2. The molecule has 0 spiro atoms. The van der Waals surface area contributed by atoms with Crippen molar-refractivity contribution in [3.63, 3.8) is 0 Å². The monoisotopic (exact) mass is 267 g/mol. The van der Waals surface area contributed by atoms with E-state index in [0.29, 0.717) is 6.54 Å². The third-order valence-corrected chi connectivity index (χ3v) is 4.23. The molecular formula is C13H21N3O3. The minimum Gasteiger partial charge on any atom is -0.366 e. The number of morpholine rings is 1. The maximum Gasteiger partial charge on any atom is 0.246 e. The van der Waals surface area contributed by atoms with Gasteiger partial charge >= 0.3 is 0 Å². The van der Waals surface area contributed by atoms with Crippen molar-refractivity contribution in [2.75, 3.05) is 39.3 Å². The third-order valence-electron chi connectivity index (χ3n) is 4.23. The fraction of sp³-hybridized carbons (Fsp3) is 0.846. The smallest absolute Gasteiger partial charge is 0.246 e. The third kappa shape index (κ3) is 2.90. The van der Waals surface area contributed by atoms with Gasteiger partial charge in [0.25, 0.3) is 0 Å². The van der Waals surface area contributed by atoms with Crippen LogP contribution in [0.5, 0.6) is 0 Å². The number of piperidine rings is 1. The van der Waals surface area contributed by atoms with Crippen LogP contribution in [0.3, 0.4) is 0 Å². The molecule has 3 rings (SSSR count). The van der Waals surface area contributed by atoms with E-state index in [2.05, 4.69) is 10.2 Å². The molecule has 0 bridgehead atoms. The van der Waals surface area contributed by atoms with Crippen molar-refractivity contribution in [1.29, 1.82) is 0 Å². The minimum atomic E-state index is -0.0473. The number of amides is 2. The van der Waals surface area contributed by atoms with E-state index >= 15 is 0 Å². The second-order valence-electron chi connectivity index (χ2n) is 5.64. The normalized spacial score (nSPS) is 32.0. The van der Waals surface area contributed by atoms with Crippen molar-refractivity contribution >= 4 is 11.8 Å². The minimum absolute atomic E-state index is 0.0429. The van der Waals surface area contributed by atoms with Crippen LogP contribution in [-0.4, -0.2) is 73.1 Å². The van der Waals surface area contributed by atoms with Crippen LogP contribution < -0.4 is 5.32 Å². The molecular weight excluding hydrogens is 246 g/mol. The molecule has 19 heavy (non-hydrogen) atoms. The molecule has 3 aliphatic rings. The molecule has 6 nitrogen and oxygen atoms in total. The van der Waals surface area contributed by atoms with Gasteiger partial charge in [-0.15, -0.1) is 0 Å². The fourth-order valence-corrected chi connectivity index (χ4v) is 3.17. The molecule has 0 radical (unpaired) electrons. The largest absolute Gasteiger partial charge is 0.366 e. The fourth-order valence-electron chi connectivity index (χ4n) is 3.17. The Morgan fingerprint density at radius 3 is 2.89 bits per heavy atom. The summed E-state index contributed by atoms with van der Waals surface area (Å²) in [4.78, 5) is 27.5. The van der Waals surface area contributed by atoms with Crippen molar-refractivity contribution in [1.82, 2.24) is 15.1 Å². The summed E-state index contributed by atoms with van der Waals surface area (Å²) in [5.41, 5.74) is 0. The van der Waals surface area contributed by atoms with Gasteiger partial charge in [-0.3, -0.25) is 14.5 Å². The molecule has 6 heteroatoms. The molecule has 0 aromatic heterocycles. The van der Waals surface area contributed by atoms with Crippen molar-refractivity contribution < 1.29 is 14.3 Å². The van der Waals surface area contributed by atoms with Crippen LogP contribution in [0.4, 0.5) is 0 Å². The van der Waals surface area contributed by atoms with Crippen LogP contribution >= 0.6 is 0 Å². The zero-order valence-corrected chi connectivity index (χ0v) is 11.1. The van der Waals surface area contributed by atoms with Gasteiger partial charge in [-0.05, 0) is 19.3 Å². The lowest BCUT2D eigenvalue weighted by Crippen LogP contribution is -2.61. The maximum atomic E-state index is 12.1. The van der Waals surface area contributed by atoms with Gasteiger partial charge in [0.05, 0.1) is 18.7 Å². The average Bonchev–Trinajstić information content (AvgIpc) is 2.92. The summed E-state index contributed by atoms with van der Waals surface area (Å²) in [6.07, 6.45) is 3.26. The number of fused-ring (bicyclic) bond motifs is 1. The molecule has 0 aromatic carbocycles. The Bertz CT molecular complexity index is 368. The molecule has 106 valence electrons. The summed E-state index contributed by atoms with van der Waals surface area (Å²) in [6.45, 7) is 4.04. The molecule has 0 aromatic rings. The van der Waals surface area contributed by atoms with Crippen LogP contribution in [0, 0.1) is 0 Å². The van der Waals surface area contributed by atoms with E-state index in [4.69, 9.17) is 4.74 Å². The van der Waals surface area contributed by atoms with Crippen molar-refractivity contribution in [3.8, 4) is 0 Å². The maximum absolute atomic E-state index is 12.1. The van der Waals surface area contributed by atoms with E-state index in [0.717, 1.165) is 45.4 Å². The first-order chi connectivity index (χ1) is 9.22. The van der Waals surface area contributed by atoms with Crippen LogP contribution in [0.1, 0.15) is 19.3 Å². The first-order valence-electron chi connectivity index (χ1n) is 7.13. The Morgan fingerprint density at radius 1 is 1.32 bits per heavy atom. The highest BCUT2D eigenvalue weighted by atomic mass is 16.5. The van der Waals surface area contributed by atoms with Gasteiger partial charge in [-0.25, -0.2) is 0 Å². The van der Waals surface area contributed by atoms with E-state index < -0.39 is 0 Å². The molecule has 0 saturated carbocycles. The molecule has 0 aliphatic carbocycles. The van der Waals surface area contributed by atoms with E-state index in [1.54, 1.807) is 0 Å². The number of nitrogens with zero attached hydrogens (tertiary/aromatic N) is 2. The van der Waals surface area contributed by atoms with Gasteiger partial charge in [-0.1, -0.05) is 0 Å². The number of carbonyl (C=O) groups excluding carboxylic acids is 2. The van der Waals surface area contributed by atoms with E-state index in [1.807, 2.05) is 4.90 Å². The number of nitrogens with one attached hydrogen (secondary N) is 1. The second kappa shape index (κ2) is 5.46. The van der Waals surface area contributed by atoms with Crippen molar-refractivity contribution in [2.24, 2.45) is 0 Å². The van der Waals surface area contributed by atoms with Gasteiger partial charge < -0.3 is 15.0 Å². The zero-order valence-electron chi connectivity index (χ0n) is 11.1. The first-order valence-corrected chi connectivity index (χ1v) is 7.13. The summed E-state index contributed by atoms with van der Waals surface area (Å²) < 4.78 is 5.51. The van der Waals surface area contributed by atoms with Crippen molar-refractivity contribution in [2.45, 2.75) is 31.4 Å². The Balaban J connectivity index is 1.52. The highest BCUT2D eigenvalue weighted by molar-refractivity contribution is 5.79. The van der Waals surface area contributed by atoms with E-state index in [-0.39, 0.29) is 30.6 Å². The summed E-state index contributed by atoms with van der Waals surface area (Å²) in [7, 11) is 0. The predicted molar refractivity (Wildman–Crippen MR) is 68.5 cm³/mol. The van der Waals surface area contributed by atoms with Gasteiger partial charge in [0.2, 0.25) is 11.8 Å². The lowest BCUT2D eigenvalue weighted by Gasteiger charge is -2.41. The summed E-state index contributed by atoms with van der Waals surface area (Å²) in [5, 5.41) is 2.96. The number of likely N-dealkylation sites (tertiary alicyclic amines) is 2. The van der Waals surface area contributed by atoms with Crippen LogP contribution in [0.15, 0.2) is 0 Å². The Hall–Kier alpha value is -1.14. The van der Waals surface area contributed by atoms with E-state index in [9.17, 15) is 9.59 Å². The summed E-state index contributed by atoms with van der Waals surface area (Å²) in [6, 6.07) is 0.0429. The quantitative estimate of drug-likeness (QED) is 0.711. The van der Waals surface area contributed by atoms with E-state index in [1.165, 1.54) is 0 Å². The standard InChI is InChI=1S/C13H21N3O3/c17-12-9-19-11-3-6-15(7-10(11)14-12)8-13(18)16-4-1-2-5-16/h10-11H,1-9H2,(H,14,17)/t10-,11-/m0/s1.